The molecular weight excluding hydrogens is 1600 g/mol. The first-order valence-corrected chi connectivity index (χ1v) is 42.1. The molecule has 1 N–H and O–H groups in total. The number of esters is 1. The number of β-lactam (4-membered cyclic amide) rings is 4. The number of imide groups is 2. The molecule has 0 spiro atoms. The first-order chi connectivity index (χ1) is 61.0. The Bertz CT molecular complexity index is 5030. The third-order valence-corrected chi connectivity index (χ3v) is 23.4. The summed E-state index contributed by atoms with van der Waals surface area (Å²) in [5.74, 6) is -3.54. The first kappa shape index (κ1) is 87.8. The number of amides is 4. The van der Waals surface area contributed by atoms with Gasteiger partial charge in [-0.05, 0) is 84.3 Å². The number of rotatable bonds is 36. The number of carbonyl (C=O) groups excluding carboxylic acids is 5. The summed E-state index contributed by atoms with van der Waals surface area (Å²) < 4.78 is 120. The van der Waals surface area contributed by atoms with Crippen molar-refractivity contribution in [3.8, 4) is 0 Å². The molecule has 0 bridgehead atoms. The summed E-state index contributed by atoms with van der Waals surface area (Å²) in [4.78, 5) is 81.4. The van der Waals surface area contributed by atoms with Crippen LogP contribution in [-0.2, 0) is 146 Å². The highest BCUT2D eigenvalue weighted by molar-refractivity contribution is 6.22. The normalized spacial score (nSPS) is 29.4. The van der Waals surface area contributed by atoms with Crippen LogP contribution < -0.4 is 0 Å². The largest absolute Gasteiger partial charge is 0.450 e. The third-order valence-electron chi connectivity index (χ3n) is 23.4. The molecular formula is C97H101N5O23. The number of azide groups is 1. The van der Waals surface area contributed by atoms with Crippen molar-refractivity contribution in [2.75, 3.05) is 26.4 Å². The van der Waals surface area contributed by atoms with Gasteiger partial charge in [-0.25, -0.2) is 4.79 Å². The summed E-state index contributed by atoms with van der Waals surface area (Å²) >= 11 is 0. The molecule has 9 aromatic rings. The first-order valence-electron chi connectivity index (χ1n) is 42.1. The molecule has 0 radical (unpaired) electrons. The molecule has 0 aliphatic carbocycles. The Morgan fingerprint density at radius 2 is 0.752 bits per heavy atom. The van der Waals surface area contributed by atoms with Gasteiger partial charge in [-0.15, -0.1) is 0 Å². The average molecular weight is 1700 g/mol. The van der Waals surface area contributed by atoms with Crippen LogP contribution in [0.3, 0.4) is 0 Å². The highest BCUT2D eigenvalue weighted by Gasteiger charge is 2.68. The van der Waals surface area contributed by atoms with Crippen molar-refractivity contribution in [3.05, 3.63) is 334 Å². The second-order valence-corrected chi connectivity index (χ2v) is 32.8. The van der Waals surface area contributed by atoms with Crippen LogP contribution in [-0.4, -0.2) is 194 Å². The van der Waals surface area contributed by atoms with E-state index < -0.39 is 176 Å². The predicted molar refractivity (Wildman–Crippen MR) is 447 cm³/mol. The van der Waals surface area contributed by atoms with E-state index in [2.05, 4.69) is 10.0 Å². The van der Waals surface area contributed by atoms with Crippen LogP contribution >= 0.6 is 0 Å². The van der Waals surface area contributed by atoms with Gasteiger partial charge in [-0.2, -0.15) is 0 Å². The highest BCUT2D eigenvalue weighted by Crippen LogP contribution is 2.48. The van der Waals surface area contributed by atoms with Crippen LogP contribution in [0, 0.1) is 10.8 Å². The van der Waals surface area contributed by atoms with Crippen LogP contribution in [0.4, 0.5) is 0 Å². The highest BCUT2D eigenvalue weighted by atomic mass is 16.8. The van der Waals surface area contributed by atoms with E-state index in [0.29, 0.717) is 16.7 Å². The minimum absolute atomic E-state index is 0.00297. The average Bonchev–Trinajstić information content (AvgIpc) is 0.713. The van der Waals surface area contributed by atoms with E-state index in [1.165, 1.54) is 27.7 Å². The van der Waals surface area contributed by atoms with E-state index in [1.807, 2.05) is 243 Å². The van der Waals surface area contributed by atoms with Crippen molar-refractivity contribution in [1.82, 2.24) is 9.80 Å². The Balaban J connectivity index is 0.837. The van der Waals surface area contributed by atoms with Gasteiger partial charge in [0.2, 0.25) is 23.6 Å². The van der Waals surface area contributed by atoms with Crippen molar-refractivity contribution in [1.29, 1.82) is 0 Å². The van der Waals surface area contributed by atoms with E-state index in [9.17, 15) is 20.2 Å². The fraction of sp³-hybridized carbons (Fsp3) is 0.392. The summed E-state index contributed by atoms with van der Waals surface area (Å²) in [6.07, 6.45) is -28.3. The minimum atomic E-state index is -1.87. The minimum Gasteiger partial charge on any atom is -0.450 e. The van der Waals surface area contributed by atoms with Gasteiger partial charge in [0.15, 0.2) is 37.5 Å². The molecule has 652 valence electrons. The molecule has 9 aromatic carbocycles. The lowest BCUT2D eigenvalue weighted by Gasteiger charge is -2.57. The van der Waals surface area contributed by atoms with Crippen LogP contribution in [0.15, 0.2) is 278 Å². The monoisotopic (exact) mass is 1700 g/mol. The molecule has 125 heavy (non-hydrogen) atoms. The van der Waals surface area contributed by atoms with Crippen LogP contribution in [0.2, 0.25) is 0 Å². The summed E-state index contributed by atoms with van der Waals surface area (Å²) in [7, 11) is 0. The summed E-state index contributed by atoms with van der Waals surface area (Å²) in [5.41, 5.74) is 13.2. The molecule has 0 aromatic heterocycles. The molecule has 7 fully saturated rings. The van der Waals surface area contributed by atoms with Crippen molar-refractivity contribution in [2.24, 2.45) is 15.9 Å². The molecule has 7 aliphatic heterocycles. The SMILES string of the molecule is CC1(C)C(=O)N([C@@H]2[C@@H](OCc3ccccc3)[C@H](O[C@@H]3O[C@H](COCc4ccccc4)[C@@H](O[C@@H]4O[C@@H]5CO[C@@H](c6ccccc6)O[C@H]5[C@H](O[C@H]5O[C@H](COCc6ccccc6)[C@@H](OCc6ccccc6)[C@H](OCc6ccccc6)[C@@H]5O)[C@@H]4OC(=O)c4ccccc4)[C@H](OCc4ccccc4)[C@H]3N3C(=O)C(C)(C)C3=O)[C@@H](COCc3ccccc3)O[C@H]2N=[N+]=[N-])C1=O. The number of ether oxygens (including phenoxy) is 17. The molecule has 28 heteroatoms. The van der Waals surface area contributed by atoms with E-state index in [1.54, 1.807) is 30.3 Å². The van der Waals surface area contributed by atoms with Gasteiger partial charge >= 0.3 is 5.97 Å². The fourth-order valence-electron chi connectivity index (χ4n) is 16.7. The molecule has 7 aliphatic rings. The lowest BCUT2D eigenvalue weighted by atomic mass is 9.78. The maximum atomic E-state index is 15.6. The Kier molecular flexibility index (Phi) is 28.6. The number of aliphatic hydroxyl groups is 1. The molecule has 21 atom stereocenters. The Hall–Kier alpha value is -10.6. The lowest BCUT2D eigenvalue weighted by Crippen LogP contribution is -2.78. The zero-order valence-corrected chi connectivity index (χ0v) is 69.5. The maximum absolute atomic E-state index is 15.6. The number of hydrogen-bond acceptors (Lipinski definition) is 24. The number of likely N-dealkylation sites (tertiary alicyclic amines) is 2. The summed E-state index contributed by atoms with van der Waals surface area (Å²) in [6, 6.07) is 79.5. The number of fused-ring (bicyclic) bond motifs is 1. The molecule has 4 amide bonds. The third kappa shape index (κ3) is 20.3. The van der Waals surface area contributed by atoms with Gasteiger partial charge in [0.25, 0.3) is 0 Å². The van der Waals surface area contributed by atoms with Crippen molar-refractivity contribution in [3.63, 3.8) is 0 Å². The van der Waals surface area contributed by atoms with E-state index in [0.717, 1.165) is 37.6 Å². The lowest BCUT2D eigenvalue weighted by molar-refractivity contribution is -0.408. The van der Waals surface area contributed by atoms with E-state index in [-0.39, 0.29) is 71.6 Å². The maximum Gasteiger partial charge on any atom is 0.338 e. The molecule has 28 nitrogen and oxygen atoms in total. The van der Waals surface area contributed by atoms with Crippen molar-refractivity contribution in [2.45, 2.75) is 203 Å². The molecule has 0 saturated carbocycles. The van der Waals surface area contributed by atoms with Gasteiger partial charge in [0.05, 0.1) is 78.2 Å². The van der Waals surface area contributed by atoms with Gasteiger partial charge in [-0.3, -0.25) is 29.0 Å². The van der Waals surface area contributed by atoms with Crippen LogP contribution in [0.5, 0.6) is 0 Å². The molecule has 7 heterocycles. The van der Waals surface area contributed by atoms with Gasteiger partial charge < -0.3 is 85.6 Å². The van der Waals surface area contributed by atoms with Gasteiger partial charge in [0.1, 0.15) is 102 Å². The van der Waals surface area contributed by atoms with E-state index >= 15 is 14.4 Å². The Morgan fingerprint density at radius 3 is 1.19 bits per heavy atom. The molecule has 16 rings (SSSR count). The zero-order chi connectivity index (χ0) is 86.4. The predicted octanol–water partition coefficient (Wildman–Crippen LogP) is 12.6. The number of carbonyl (C=O) groups is 5. The second kappa shape index (κ2) is 40.8. The number of benzene rings is 9. The topological polar surface area (TPSA) is 318 Å². The van der Waals surface area contributed by atoms with Crippen LogP contribution in [0.25, 0.3) is 10.4 Å². The van der Waals surface area contributed by atoms with Crippen molar-refractivity contribution >= 4 is 29.6 Å². The van der Waals surface area contributed by atoms with Gasteiger partial charge in [-0.1, -0.05) is 266 Å². The number of hydrogen-bond donors (Lipinski definition) is 1. The Labute approximate surface area is 724 Å². The zero-order valence-electron chi connectivity index (χ0n) is 69.5. The number of nitrogens with zero attached hydrogens (tertiary/aromatic N) is 5. The second-order valence-electron chi connectivity index (χ2n) is 32.8. The van der Waals surface area contributed by atoms with Gasteiger partial charge in [0, 0.05) is 10.5 Å². The van der Waals surface area contributed by atoms with E-state index in [4.69, 9.17) is 80.5 Å². The number of aliphatic hydroxyl groups excluding tert-OH is 1. The summed E-state index contributed by atoms with van der Waals surface area (Å²) in [6.45, 7) is 4.66. The van der Waals surface area contributed by atoms with Crippen molar-refractivity contribution < 1.29 is 110 Å². The smallest absolute Gasteiger partial charge is 0.338 e. The standard InChI is InChI=1S/C97H101N5O23/c1-96(2)92(105)101(93(96)106)74-81(113-54-65-40-22-9-23-41-65)78(71(117-86(74)99-100-98)58-110-51-62-34-16-6-17-35-62)123-89-75(102-94(107)97(3,4)95(102)108)82(114-55-66-42-24-10-25-43-66)79(72(118-89)59-111-52-63-36-18-7-19-37-63)124-91-85(121-87(104)68-46-28-12-29-47-68)84(80-73(120-91)60-116-88(122-80)69-48-30-13-31-49-69)125-90-76(103)83(115-56-67-44-26-11-27-45-67)77(112-53-64-38-20-8-21-39-64)70(119-90)57-109-50-61-32-14-5-15-33-61/h5-49,70-86,88-91,103H,50-60H2,1-4H3/t70-,71-,72-,73-,74-,75-,76+,77-,78-,79-,80-,81-,82-,83-,84+,85+,86-,88-,89+,90-,91+/m1/s1. The summed E-state index contributed by atoms with van der Waals surface area (Å²) in [5, 5.41) is 17.6. The van der Waals surface area contributed by atoms with Crippen LogP contribution in [0.1, 0.15) is 88.9 Å². The Morgan fingerprint density at radius 1 is 0.400 bits per heavy atom. The molecule has 7 saturated heterocycles. The molecule has 0 unspecified atom stereocenters. The quantitative estimate of drug-likeness (QED) is 0.00952. The fourth-order valence-corrected chi connectivity index (χ4v) is 16.7.